The molecule has 0 aliphatic rings. The molecule has 0 radical (unpaired) electrons. The van der Waals surface area contributed by atoms with E-state index in [1.54, 1.807) is 0 Å². The van der Waals surface area contributed by atoms with E-state index >= 15 is 0 Å². The van der Waals surface area contributed by atoms with Crippen LogP contribution in [-0.2, 0) is 0 Å². The zero-order valence-electron chi connectivity index (χ0n) is 6.38. The predicted molar refractivity (Wildman–Crippen MR) is 38.1 cm³/mol. The molecule has 0 spiro atoms. The third-order valence-electron chi connectivity index (χ3n) is 0.990. The fourth-order valence-electron chi connectivity index (χ4n) is 0.495. The molecular weight excluding hydrogens is 246 g/mol. The van der Waals surface area contributed by atoms with Gasteiger partial charge in [-0.3, -0.25) is 8.78 Å². The Hall–Kier alpha value is -0.144. The Balaban J connectivity index is -0.000000403. The Morgan fingerprint density at radius 3 is 1.29 bits per heavy atom. The monoisotopic (exact) mass is 246 g/mol. The topological polar surface area (TPSA) is 0 Å². The van der Waals surface area contributed by atoms with Gasteiger partial charge in [0.1, 0.15) is 0 Å². The molecule has 0 N–H and O–H groups in total. The second-order valence-corrected chi connectivity index (χ2v) is 1.69. The molecule has 0 amide bonds. The van der Waals surface area contributed by atoms with Gasteiger partial charge < -0.3 is 4.70 Å². The Labute approximate surface area is 97.4 Å². The number of benzene rings is 1. The summed E-state index contributed by atoms with van der Waals surface area (Å²) in [5.74, 6) is -10.0. The number of halogens is 7. The maximum atomic E-state index is 12.0. The van der Waals surface area contributed by atoms with Gasteiger partial charge in [-0.1, -0.05) is 0 Å². The first-order valence-electron chi connectivity index (χ1n) is 2.44. The van der Waals surface area contributed by atoms with Crippen molar-refractivity contribution in [2.45, 2.75) is 0 Å². The van der Waals surface area contributed by atoms with Crippen molar-refractivity contribution in [3.05, 3.63) is 35.2 Å². The van der Waals surface area contributed by atoms with Crippen molar-refractivity contribution < 1.29 is 26.7 Å². The molecule has 0 saturated carbocycles. The average Bonchev–Trinajstić information content (AvgIpc) is 1.97. The Morgan fingerprint density at radius 1 is 0.714 bits per heavy atom. The quantitative estimate of drug-likeness (QED) is 0.185. The van der Waals surface area contributed by atoms with Crippen LogP contribution in [-0.4, -0.2) is 23.1 Å². The molecule has 0 fully saturated rings. The minimum Gasteiger partial charge on any atom is -1.00 e. The summed E-state index contributed by atoms with van der Waals surface area (Å²) in [5, 5.41) is 0. The van der Waals surface area contributed by atoms with Gasteiger partial charge in [0.25, 0.3) is 0 Å². The molecule has 0 saturated heterocycles. The van der Waals surface area contributed by atoms with Gasteiger partial charge >= 0.3 is 23.1 Å². The van der Waals surface area contributed by atoms with Crippen LogP contribution in [0.1, 0.15) is 0 Å². The van der Waals surface area contributed by atoms with Crippen molar-refractivity contribution in [3.8, 4) is 0 Å². The molecule has 1 aromatic carbocycles. The van der Waals surface area contributed by atoms with Gasteiger partial charge in [0.2, 0.25) is 0 Å². The molecule has 0 aliphatic carbocycles. The molecule has 0 heterocycles. The molecule has 8 heteroatoms. The summed E-state index contributed by atoms with van der Waals surface area (Å²) in [6.07, 6.45) is 0. The van der Waals surface area contributed by atoms with E-state index in [1.807, 2.05) is 0 Å². The summed E-state index contributed by atoms with van der Waals surface area (Å²) in [4.78, 5) is 0. The van der Waals surface area contributed by atoms with Crippen LogP contribution >= 0.6 is 12.4 Å². The third-order valence-corrected chi connectivity index (χ3v) is 0.990. The van der Waals surface area contributed by atoms with Crippen molar-refractivity contribution in [3.63, 3.8) is 0 Å². The largest absolute Gasteiger partial charge is 2.00 e. The first kappa shape index (κ1) is 19.4. The van der Waals surface area contributed by atoms with Crippen molar-refractivity contribution in [1.29, 1.82) is 0 Å². The van der Waals surface area contributed by atoms with Crippen LogP contribution in [0.2, 0.25) is 0 Å². The van der Waals surface area contributed by atoms with Crippen LogP contribution in [0.3, 0.4) is 0 Å². The zero-order chi connectivity index (χ0) is 8.59. The number of rotatable bonds is 0. The maximum absolute atomic E-state index is 12.0. The molecule has 76 valence electrons. The molecule has 0 aliphatic heterocycles. The average molecular weight is 247 g/mol. The van der Waals surface area contributed by atoms with E-state index in [9.17, 15) is 22.0 Å². The van der Waals surface area contributed by atoms with E-state index in [0.717, 1.165) is 6.07 Å². The van der Waals surface area contributed by atoms with Crippen LogP contribution in [0.15, 0.2) is 0 Å². The molecule has 1 rings (SSSR count). The minimum atomic E-state index is -2.17. The van der Waals surface area contributed by atoms with Crippen molar-refractivity contribution >= 4 is 35.5 Å². The van der Waals surface area contributed by atoms with E-state index in [4.69, 9.17) is 0 Å². The maximum Gasteiger partial charge on any atom is 2.00 e. The van der Waals surface area contributed by atoms with E-state index in [2.05, 4.69) is 0 Å². The van der Waals surface area contributed by atoms with Crippen molar-refractivity contribution in [1.82, 2.24) is 0 Å². The Bertz CT molecular complexity index is 279. The van der Waals surface area contributed by atoms with Crippen molar-refractivity contribution in [2.24, 2.45) is 0 Å². The van der Waals surface area contributed by atoms with Crippen LogP contribution < -0.4 is 4.70 Å². The van der Waals surface area contributed by atoms with Crippen molar-refractivity contribution in [2.75, 3.05) is 0 Å². The molecule has 0 bridgehead atoms. The predicted octanol–water partition coefficient (Wildman–Crippen LogP) is -0.773. The van der Waals surface area contributed by atoms with Crippen LogP contribution in [0.5, 0.6) is 0 Å². The number of hydrogen-bond acceptors (Lipinski definition) is 0. The molecule has 14 heavy (non-hydrogen) atoms. The second kappa shape index (κ2) is 7.19. The number of hydrogen-bond donors (Lipinski definition) is 0. The standard InChI is InChI=1S/C6F5.ClH.FH.Mg/c7-2-1-3(8)5(10)6(11)4(2)9;;;/h;2*1H;/q-1;;;+2/p-1. The molecule has 0 atom stereocenters. The molecular formula is C6HClF6Mg. The summed E-state index contributed by atoms with van der Waals surface area (Å²) in [6.45, 7) is 0. The summed E-state index contributed by atoms with van der Waals surface area (Å²) in [6, 6.07) is 1.02. The molecule has 0 aromatic heterocycles. The summed E-state index contributed by atoms with van der Waals surface area (Å²) in [5.41, 5.74) is 0. The summed E-state index contributed by atoms with van der Waals surface area (Å²) in [7, 11) is 0. The normalized spacial score (nSPS) is 8.07. The summed E-state index contributed by atoms with van der Waals surface area (Å²) >= 11 is 0. The van der Waals surface area contributed by atoms with Gasteiger partial charge in [0.05, 0.1) is 29.1 Å². The molecule has 0 nitrogen and oxygen atoms in total. The fraction of sp³-hybridized carbons (Fsp3) is 0. The Kier molecular flexibility index (Phi) is 9.98. The van der Waals surface area contributed by atoms with Gasteiger partial charge in [0.15, 0.2) is 0 Å². The van der Waals surface area contributed by atoms with Crippen LogP contribution in [0.4, 0.5) is 22.0 Å². The van der Waals surface area contributed by atoms with E-state index in [-0.39, 0.29) is 40.2 Å². The smallest absolute Gasteiger partial charge is 1.00 e. The first-order chi connectivity index (χ1) is 5.04. The van der Waals surface area contributed by atoms with Gasteiger partial charge in [0, 0.05) is 0 Å². The van der Waals surface area contributed by atoms with Gasteiger partial charge in [-0.15, -0.1) is 18.5 Å². The minimum absolute atomic E-state index is 0. The van der Waals surface area contributed by atoms with Gasteiger partial charge in [-0.2, -0.15) is 0 Å². The molecule has 1 aromatic rings. The second-order valence-electron chi connectivity index (χ2n) is 1.69. The zero-order valence-corrected chi connectivity index (χ0v) is 8.61. The van der Waals surface area contributed by atoms with E-state index in [0.29, 0.717) is 0 Å². The van der Waals surface area contributed by atoms with Crippen LogP contribution in [0.25, 0.3) is 0 Å². The van der Waals surface area contributed by atoms with E-state index in [1.165, 1.54) is 0 Å². The van der Waals surface area contributed by atoms with Crippen LogP contribution in [0, 0.1) is 35.2 Å². The fourth-order valence-corrected chi connectivity index (χ4v) is 0.495. The summed E-state index contributed by atoms with van der Waals surface area (Å²) < 4.78 is 59.9. The Morgan fingerprint density at radius 2 is 1.00 bits per heavy atom. The van der Waals surface area contributed by atoms with E-state index < -0.39 is 29.1 Å². The SMILES string of the molecule is Cl.Fc1[c-]c(F)c(F)c(F)c1F.[F-].[Mg+2]. The first-order valence-corrected chi connectivity index (χ1v) is 2.44. The van der Waals surface area contributed by atoms with Gasteiger partial charge in [-0.05, 0) is 0 Å². The third kappa shape index (κ3) is 3.54. The van der Waals surface area contributed by atoms with Gasteiger partial charge in [-0.25, -0.2) is 13.2 Å². The molecule has 0 unspecified atom stereocenters.